The van der Waals surface area contributed by atoms with Crippen molar-refractivity contribution in [1.29, 1.82) is 0 Å². The summed E-state index contributed by atoms with van der Waals surface area (Å²) in [4.78, 5) is 0. The van der Waals surface area contributed by atoms with E-state index in [4.69, 9.17) is 6.64 Å². The van der Waals surface area contributed by atoms with E-state index in [-0.39, 0.29) is 41.6 Å². The molecule has 2 aromatic carbocycles. The van der Waals surface area contributed by atoms with Crippen molar-refractivity contribution in [3.05, 3.63) is 57.6 Å². The van der Waals surface area contributed by atoms with Gasteiger partial charge in [-0.05, 0) is 0 Å². The molecule has 5 heteroatoms. The molecule has 0 aromatic heterocycles. The van der Waals surface area contributed by atoms with Crippen molar-refractivity contribution in [2.75, 3.05) is 0 Å². The molecule has 29 heavy (non-hydrogen) atoms. The Bertz CT molecular complexity index is 808. The van der Waals surface area contributed by atoms with Crippen molar-refractivity contribution in [3.63, 3.8) is 0 Å². The number of hydrogen-bond donors (Lipinski definition) is 0. The Morgan fingerprint density at radius 2 is 1.03 bits per heavy atom. The molecule has 0 aliphatic carbocycles. The minimum atomic E-state index is -1.03. The predicted octanol–water partition coefficient (Wildman–Crippen LogP) is 0.742. The van der Waals surface area contributed by atoms with Gasteiger partial charge in [-0.3, -0.25) is 0 Å². The first-order chi connectivity index (χ1) is 12.4. The Morgan fingerprint density at radius 3 is 1.34 bits per heavy atom. The van der Waals surface area contributed by atoms with Crippen LogP contribution in [0.5, 0.6) is 11.5 Å². The molecule has 3 rings (SSSR count). The molecule has 0 fully saturated rings. The monoisotopic (exact) mass is 470 g/mol. The van der Waals surface area contributed by atoms with Crippen LogP contribution in [0.1, 0.15) is 87.8 Å². The van der Waals surface area contributed by atoms with Crippen LogP contribution >= 0.6 is 0 Å². The summed E-state index contributed by atoms with van der Waals surface area (Å²) in [7, 11) is 0. The third-order valence-corrected chi connectivity index (χ3v) is 6.26. The summed E-state index contributed by atoms with van der Waals surface area (Å²) in [6.45, 7) is 20.2. The van der Waals surface area contributed by atoms with Crippen LogP contribution in [0.15, 0.2) is 24.3 Å². The standard InChI is InChI=1S/C24H34O2.2ClH.Ti/c1-14-10-17(21(25)19(12-14)23(4,5)6)16(3)18-11-15(2)13-20(22(18)26)24(7,8)9;;;/h10-13,16,25-26H,1-9H3;2*1H;/q;;;+4/p-4. The van der Waals surface area contributed by atoms with Gasteiger partial charge in [0, 0.05) is 0 Å². The number of halogens is 2. The van der Waals surface area contributed by atoms with Crippen molar-refractivity contribution in [1.82, 2.24) is 0 Å². The molecule has 1 heterocycles. The van der Waals surface area contributed by atoms with E-state index in [9.17, 15) is 0 Å². The van der Waals surface area contributed by atoms with Crippen LogP contribution in [-0.2, 0) is 30.8 Å². The predicted molar refractivity (Wildman–Crippen MR) is 109 cm³/mol. The normalized spacial score (nSPS) is 13.6. The van der Waals surface area contributed by atoms with E-state index < -0.39 is 19.9 Å². The second-order valence-electron chi connectivity index (χ2n) is 9.97. The quantitative estimate of drug-likeness (QED) is 0.529. The molecule has 2 aromatic rings. The van der Waals surface area contributed by atoms with Gasteiger partial charge in [0.25, 0.3) is 0 Å². The molecule has 0 atom stereocenters. The van der Waals surface area contributed by atoms with Gasteiger partial charge >= 0.3 is 175 Å². The maximum absolute atomic E-state index is 6.37. The molecule has 2 nitrogen and oxygen atoms in total. The van der Waals surface area contributed by atoms with Gasteiger partial charge in [-0.15, -0.1) is 0 Å². The molecule has 0 N–H and O–H groups in total. The third-order valence-electron chi connectivity index (χ3n) is 5.36. The largest absolute Gasteiger partial charge is 1.00 e. The fraction of sp³-hybridized carbons (Fsp3) is 0.500. The first-order valence-electron chi connectivity index (χ1n) is 9.78. The smallest absolute Gasteiger partial charge is 1.00 e. The van der Waals surface area contributed by atoms with Crippen molar-refractivity contribution in [2.45, 2.75) is 79.1 Å². The summed E-state index contributed by atoms with van der Waals surface area (Å²) in [5.41, 5.74) is 7.80. The average Bonchev–Trinajstić information content (AvgIpc) is 2.52. The zero-order valence-electron chi connectivity index (χ0n) is 19.0. The van der Waals surface area contributed by atoms with Crippen molar-refractivity contribution < 1.29 is 51.4 Å². The zero-order chi connectivity index (χ0) is 20.1. The summed E-state index contributed by atoms with van der Waals surface area (Å²) >= 11 is -1.03. The Kier molecular flexibility index (Phi) is 8.39. The number of benzene rings is 2. The minimum absolute atomic E-state index is 0. The van der Waals surface area contributed by atoms with Gasteiger partial charge in [-0.2, -0.15) is 0 Å². The number of fused-ring (bicyclic) bond motifs is 2. The topological polar surface area (TPSA) is 18.5 Å². The molecule has 0 saturated carbocycles. The molecule has 0 unspecified atom stereocenters. The maximum atomic E-state index is 6.37. The van der Waals surface area contributed by atoms with Crippen LogP contribution in [0.4, 0.5) is 0 Å². The van der Waals surface area contributed by atoms with E-state index in [1.165, 1.54) is 33.4 Å². The maximum Gasteiger partial charge on any atom is -1.00 e. The van der Waals surface area contributed by atoms with E-state index in [2.05, 4.69) is 86.6 Å². The van der Waals surface area contributed by atoms with Crippen LogP contribution < -0.4 is 31.5 Å². The molecule has 0 amide bonds. The van der Waals surface area contributed by atoms with E-state index in [1.54, 1.807) is 0 Å². The van der Waals surface area contributed by atoms with Gasteiger partial charge in [0.05, 0.1) is 0 Å². The summed E-state index contributed by atoms with van der Waals surface area (Å²) in [6, 6.07) is 9.15. The molecule has 0 bridgehead atoms. The molecule has 1 aliphatic heterocycles. The van der Waals surface area contributed by atoms with Gasteiger partial charge in [0.1, 0.15) is 0 Å². The Morgan fingerprint density at radius 1 is 0.690 bits per heavy atom. The van der Waals surface area contributed by atoms with E-state index in [0.29, 0.717) is 0 Å². The van der Waals surface area contributed by atoms with Crippen molar-refractivity contribution in [3.8, 4) is 11.5 Å². The van der Waals surface area contributed by atoms with Crippen LogP contribution in [0.3, 0.4) is 0 Å². The summed E-state index contributed by atoms with van der Waals surface area (Å²) < 4.78 is 12.7. The van der Waals surface area contributed by atoms with Gasteiger partial charge in [-0.25, -0.2) is 0 Å². The zero-order valence-corrected chi connectivity index (χ0v) is 22.0. The number of aryl methyl sites for hydroxylation is 2. The SMILES string of the molecule is Cc1cc2c(c(C(C)(C)C)c1)[O][Ti+2][O]c1c(cc(C)cc1C(C)(C)C)C2C.[Cl-].[Cl-]. The second kappa shape index (κ2) is 9.22. The number of hydrogen-bond acceptors (Lipinski definition) is 2. The summed E-state index contributed by atoms with van der Waals surface area (Å²) in [5, 5.41) is 0. The van der Waals surface area contributed by atoms with Gasteiger partial charge in [0.2, 0.25) is 0 Å². The molecule has 158 valence electrons. The van der Waals surface area contributed by atoms with E-state index >= 15 is 0 Å². The number of rotatable bonds is 0. The molecule has 0 spiro atoms. The van der Waals surface area contributed by atoms with Gasteiger partial charge < -0.3 is 24.8 Å². The Hall–Kier alpha value is -0.666. The van der Waals surface area contributed by atoms with Crippen molar-refractivity contribution in [2.24, 2.45) is 0 Å². The van der Waals surface area contributed by atoms with E-state index in [1.807, 2.05) is 0 Å². The fourth-order valence-corrected chi connectivity index (χ4v) is 4.90. The van der Waals surface area contributed by atoms with Crippen molar-refractivity contribution >= 4 is 0 Å². The average molecular weight is 471 g/mol. The van der Waals surface area contributed by atoms with Crippen LogP contribution in [-0.4, -0.2) is 0 Å². The molecular weight excluding hydrogens is 439 g/mol. The summed E-state index contributed by atoms with van der Waals surface area (Å²) in [6.07, 6.45) is 0. The van der Waals surface area contributed by atoms with Gasteiger partial charge in [0.15, 0.2) is 0 Å². The first-order valence-corrected chi connectivity index (χ1v) is 11.1. The fourth-order valence-electron chi connectivity index (χ4n) is 3.86. The minimum Gasteiger partial charge on any atom is -1.00 e. The van der Waals surface area contributed by atoms with Crippen LogP contribution in [0, 0.1) is 13.8 Å². The molecule has 1 aliphatic rings. The van der Waals surface area contributed by atoms with Crippen LogP contribution in [0.2, 0.25) is 0 Å². The van der Waals surface area contributed by atoms with Gasteiger partial charge in [-0.1, -0.05) is 0 Å². The molecule has 0 radical (unpaired) electrons. The Balaban J connectivity index is 0.00000210. The summed E-state index contributed by atoms with van der Waals surface area (Å²) in [5.74, 6) is 2.32. The van der Waals surface area contributed by atoms with E-state index in [0.717, 1.165) is 11.5 Å². The molecular formula is C24H32Cl2O2Ti. The third kappa shape index (κ3) is 5.34. The second-order valence-corrected chi connectivity index (χ2v) is 10.9. The van der Waals surface area contributed by atoms with Crippen LogP contribution in [0.25, 0.3) is 0 Å². The molecule has 0 saturated heterocycles. The first kappa shape index (κ1) is 26.4. The Labute approximate surface area is 198 Å².